The Morgan fingerprint density at radius 1 is 1.12 bits per heavy atom. The molecule has 0 atom stereocenters. The Morgan fingerprint density at radius 2 is 1.81 bits per heavy atom. The molecule has 0 saturated heterocycles. The molecule has 3 rings (SSSR count). The van der Waals surface area contributed by atoms with E-state index in [0.717, 1.165) is 11.1 Å². The normalized spacial score (nSPS) is 13.6. The number of ketones is 1. The summed E-state index contributed by atoms with van der Waals surface area (Å²) in [5, 5.41) is 0. The van der Waals surface area contributed by atoms with Gasteiger partial charge in [0.1, 0.15) is 6.54 Å². The van der Waals surface area contributed by atoms with Gasteiger partial charge in [0.15, 0.2) is 17.3 Å². The number of fused-ring (bicyclic) bond motifs is 1. The van der Waals surface area contributed by atoms with Gasteiger partial charge in [-0.1, -0.05) is 18.2 Å². The number of carbonyl (C=O) groups is 2. The fraction of sp³-hybridized carbons (Fsp3) is 0.250. The number of aliphatic imine (C=N–C) groups is 1. The van der Waals surface area contributed by atoms with Crippen LogP contribution >= 0.6 is 0 Å². The molecule has 0 radical (unpaired) electrons. The van der Waals surface area contributed by atoms with E-state index < -0.39 is 0 Å². The number of hydrogen-bond donors (Lipinski definition) is 0. The molecule has 6 nitrogen and oxygen atoms in total. The molecule has 0 aliphatic carbocycles. The van der Waals surface area contributed by atoms with Gasteiger partial charge < -0.3 is 14.4 Å². The standard InChI is InChI=1S/C20H20N2O4/c1-12(23)13-6-5-7-14(8-13)20-15-9-17(25-3)18(26-4)10-16(15)22(2)19(24)11-21-20/h5-10H,11H2,1-4H3. The lowest BCUT2D eigenvalue weighted by Gasteiger charge is -2.20. The fourth-order valence-corrected chi connectivity index (χ4v) is 2.94. The van der Waals surface area contributed by atoms with Gasteiger partial charge in [-0.25, -0.2) is 0 Å². The molecule has 0 spiro atoms. The van der Waals surface area contributed by atoms with Crippen molar-refractivity contribution in [3.8, 4) is 11.5 Å². The number of anilines is 1. The Hall–Kier alpha value is -3.15. The molecule has 0 unspecified atom stereocenters. The number of rotatable bonds is 4. The predicted molar refractivity (Wildman–Crippen MR) is 99.9 cm³/mol. The van der Waals surface area contributed by atoms with Crippen LogP contribution in [0.5, 0.6) is 11.5 Å². The summed E-state index contributed by atoms with van der Waals surface area (Å²) in [6.07, 6.45) is 0. The Balaban J connectivity index is 2.25. The van der Waals surface area contributed by atoms with Gasteiger partial charge in [0, 0.05) is 29.8 Å². The number of nitrogens with zero attached hydrogens (tertiary/aromatic N) is 2. The number of methoxy groups -OCH3 is 2. The maximum absolute atomic E-state index is 12.4. The van der Waals surface area contributed by atoms with Crippen LogP contribution in [0, 0.1) is 0 Å². The summed E-state index contributed by atoms with van der Waals surface area (Å²) in [6.45, 7) is 1.54. The quantitative estimate of drug-likeness (QED) is 0.794. The summed E-state index contributed by atoms with van der Waals surface area (Å²) >= 11 is 0. The smallest absolute Gasteiger partial charge is 0.248 e. The Kier molecular flexibility index (Phi) is 4.75. The van der Waals surface area contributed by atoms with E-state index in [1.165, 1.54) is 6.92 Å². The minimum atomic E-state index is -0.129. The second-order valence-electron chi connectivity index (χ2n) is 5.98. The summed E-state index contributed by atoms with van der Waals surface area (Å²) in [4.78, 5) is 30.2. The molecule has 1 aliphatic rings. The zero-order valence-electron chi connectivity index (χ0n) is 15.2. The molecule has 1 amide bonds. The second-order valence-corrected chi connectivity index (χ2v) is 5.98. The van der Waals surface area contributed by atoms with Gasteiger partial charge >= 0.3 is 0 Å². The zero-order chi connectivity index (χ0) is 18.8. The van der Waals surface area contributed by atoms with Gasteiger partial charge in [-0.3, -0.25) is 14.6 Å². The third-order valence-corrected chi connectivity index (χ3v) is 4.41. The van der Waals surface area contributed by atoms with Crippen LogP contribution in [0.3, 0.4) is 0 Å². The van der Waals surface area contributed by atoms with E-state index in [0.29, 0.717) is 28.5 Å². The molecular formula is C20H20N2O4. The highest BCUT2D eigenvalue weighted by molar-refractivity contribution is 6.20. The van der Waals surface area contributed by atoms with Crippen LogP contribution in [0.2, 0.25) is 0 Å². The maximum Gasteiger partial charge on any atom is 0.248 e. The van der Waals surface area contributed by atoms with Crippen molar-refractivity contribution in [2.75, 3.05) is 32.7 Å². The zero-order valence-corrected chi connectivity index (χ0v) is 15.2. The Bertz CT molecular complexity index is 918. The minimum Gasteiger partial charge on any atom is -0.493 e. The molecule has 2 aromatic rings. The van der Waals surface area contributed by atoms with Gasteiger partial charge in [-0.2, -0.15) is 0 Å². The topological polar surface area (TPSA) is 68.2 Å². The lowest BCUT2D eigenvalue weighted by Crippen LogP contribution is -2.27. The first-order chi connectivity index (χ1) is 12.5. The third kappa shape index (κ3) is 3.06. The monoisotopic (exact) mass is 352 g/mol. The first-order valence-electron chi connectivity index (χ1n) is 8.15. The number of Topliss-reactive ketones (excluding diaryl/α,β-unsaturated/α-hetero) is 1. The Labute approximate surface area is 152 Å². The molecular weight excluding hydrogens is 332 g/mol. The van der Waals surface area contributed by atoms with E-state index in [2.05, 4.69) is 4.99 Å². The van der Waals surface area contributed by atoms with E-state index in [-0.39, 0.29) is 18.2 Å². The van der Waals surface area contributed by atoms with Gasteiger partial charge in [-0.15, -0.1) is 0 Å². The summed E-state index contributed by atoms with van der Waals surface area (Å²) in [5.74, 6) is 0.923. The first-order valence-corrected chi connectivity index (χ1v) is 8.15. The van der Waals surface area contributed by atoms with Crippen LogP contribution in [0.1, 0.15) is 28.4 Å². The minimum absolute atomic E-state index is 0.0233. The molecule has 0 fully saturated rings. The molecule has 0 bridgehead atoms. The van der Waals surface area contributed by atoms with E-state index in [9.17, 15) is 9.59 Å². The lowest BCUT2D eigenvalue weighted by molar-refractivity contribution is -0.116. The highest BCUT2D eigenvalue weighted by Crippen LogP contribution is 2.37. The number of hydrogen-bond acceptors (Lipinski definition) is 5. The van der Waals surface area contributed by atoms with Gasteiger partial charge in [-0.05, 0) is 19.1 Å². The number of carbonyl (C=O) groups excluding carboxylic acids is 2. The van der Waals surface area contributed by atoms with Crippen molar-refractivity contribution in [2.45, 2.75) is 6.92 Å². The average Bonchev–Trinajstić information content (AvgIpc) is 2.77. The average molecular weight is 352 g/mol. The van der Waals surface area contributed by atoms with Crippen LogP contribution in [-0.2, 0) is 4.79 Å². The number of likely N-dealkylation sites (N-methyl/N-ethyl adjacent to an activating group) is 1. The van der Waals surface area contributed by atoms with Crippen molar-refractivity contribution >= 4 is 23.1 Å². The van der Waals surface area contributed by atoms with Crippen molar-refractivity contribution < 1.29 is 19.1 Å². The molecule has 26 heavy (non-hydrogen) atoms. The van der Waals surface area contributed by atoms with Crippen LogP contribution in [0.4, 0.5) is 5.69 Å². The molecule has 2 aromatic carbocycles. The van der Waals surface area contributed by atoms with E-state index in [4.69, 9.17) is 9.47 Å². The van der Waals surface area contributed by atoms with Gasteiger partial charge in [0.2, 0.25) is 5.91 Å². The highest BCUT2D eigenvalue weighted by Gasteiger charge is 2.25. The number of benzene rings is 2. The maximum atomic E-state index is 12.4. The van der Waals surface area contributed by atoms with Crippen molar-refractivity contribution in [1.82, 2.24) is 0 Å². The van der Waals surface area contributed by atoms with Crippen LogP contribution in [-0.4, -0.2) is 45.2 Å². The van der Waals surface area contributed by atoms with E-state index in [1.54, 1.807) is 44.4 Å². The number of benzodiazepines with no additional fused rings is 1. The molecule has 0 N–H and O–H groups in total. The summed E-state index contributed by atoms with van der Waals surface area (Å²) in [7, 11) is 4.81. The van der Waals surface area contributed by atoms with Crippen LogP contribution < -0.4 is 14.4 Å². The summed E-state index contributed by atoms with van der Waals surface area (Å²) in [5.41, 5.74) is 3.43. The fourth-order valence-electron chi connectivity index (χ4n) is 2.94. The third-order valence-electron chi connectivity index (χ3n) is 4.41. The predicted octanol–water partition coefficient (Wildman–Crippen LogP) is 2.72. The summed E-state index contributed by atoms with van der Waals surface area (Å²) in [6, 6.07) is 10.8. The molecule has 0 saturated carbocycles. The largest absolute Gasteiger partial charge is 0.493 e. The molecule has 1 aliphatic heterocycles. The number of amides is 1. The summed E-state index contributed by atoms with van der Waals surface area (Å²) < 4.78 is 10.8. The highest BCUT2D eigenvalue weighted by atomic mass is 16.5. The van der Waals surface area contributed by atoms with Crippen molar-refractivity contribution in [3.05, 3.63) is 53.1 Å². The van der Waals surface area contributed by atoms with Crippen molar-refractivity contribution in [3.63, 3.8) is 0 Å². The molecule has 134 valence electrons. The molecule has 0 aromatic heterocycles. The Morgan fingerprint density at radius 3 is 2.46 bits per heavy atom. The van der Waals surface area contributed by atoms with Crippen LogP contribution in [0.15, 0.2) is 41.4 Å². The molecule has 1 heterocycles. The van der Waals surface area contributed by atoms with Gasteiger partial charge in [0.25, 0.3) is 0 Å². The van der Waals surface area contributed by atoms with Gasteiger partial charge in [0.05, 0.1) is 25.6 Å². The van der Waals surface area contributed by atoms with Crippen LogP contribution in [0.25, 0.3) is 0 Å². The molecule has 6 heteroatoms. The SMILES string of the molecule is COc1cc2c(cc1OC)N(C)C(=O)CN=C2c1cccc(C(C)=O)c1. The van der Waals surface area contributed by atoms with E-state index in [1.807, 2.05) is 18.2 Å². The lowest BCUT2D eigenvalue weighted by atomic mass is 9.97. The first kappa shape index (κ1) is 17.7. The van der Waals surface area contributed by atoms with Crippen molar-refractivity contribution in [2.24, 2.45) is 4.99 Å². The number of ether oxygens (including phenoxy) is 2. The van der Waals surface area contributed by atoms with Crippen molar-refractivity contribution in [1.29, 1.82) is 0 Å². The second kappa shape index (κ2) is 7.00. The van der Waals surface area contributed by atoms with E-state index >= 15 is 0 Å².